The van der Waals surface area contributed by atoms with Gasteiger partial charge in [-0.15, -0.1) is 0 Å². The average molecular weight is 747 g/mol. The molecule has 1 aromatic rings. The molecule has 5 atom stereocenters. The molecule has 52 heavy (non-hydrogen) atoms. The molecule has 13 nitrogen and oxygen atoms in total. The van der Waals surface area contributed by atoms with Crippen molar-refractivity contribution in [2.24, 2.45) is 23.2 Å². The quantitative estimate of drug-likeness (QED) is 0.177. The Labute approximate surface area is 310 Å². The van der Waals surface area contributed by atoms with Crippen molar-refractivity contribution in [2.75, 3.05) is 31.9 Å². The van der Waals surface area contributed by atoms with Gasteiger partial charge in [0.25, 0.3) is 5.91 Å². The van der Waals surface area contributed by atoms with Gasteiger partial charge in [0.15, 0.2) is 0 Å². The van der Waals surface area contributed by atoms with E-state index >= 15 is 0 Å². The van der Waals surface area contributed by atoms with Crippen LogP contribution in [0, 0.1) is 23.2 Å². The van der Waals surface area contributed by atoms with Crippen LogP contribution >= 0.6 is 0 Å². The second-order valence-electron chi connectivity index (χ2n) is 15.5. The van der Waals surface area contributed by atoms with Gasteiger partial charge in [-0.25, -0.2) is 17.5 Å². The minimum Gasteiger partial charge on any atom is -0.350 e. The third kappa shape index (κ3) is 10.5. The van der Waals surface area contributed by atoms with E-state index in [-0.39, 0.29) is 56.1 Å². The van der Waals surface area contributed by atoms with Gasteiger partial charge < -0.3 is 26.2 Å². The predicted molar refractivity (Wildman–Crippen MR) is 202 cm³/mol. The molecule has 14 heteroatoms. The number of amides is 5. The first kappa shape index (κ1) is 42.9. The van der Waals surface area contributed by atoms with Crippen molar-refractivity contribution < 1.29 is 32.4 Å². The summed E-state index contributed by atoms with van der Waals surface area (Å²) < 4.78 is 27.0. The third-order valence-corrected chi connectivity index (χ3v) is 12.5. The van der Waals surface area contributed by atoms with E-state index in [0.717, 1.165) is 11.1 Å². The second-order valence-corrected chi connectivity index (χ2v) is 17.8. The molecule has 0 bridgehead atoms. The molecule has 292 valence electrons. The first-order valence-corrected chi connectivity index (χ1v) is 20.5. The number of urea groups is 1. The SMILES string of the molecule is CCCC(NC(=O)[C@@H]1C(C(C)C)CCN1C(=O)[C@@H](NC(=O)N[C@H](CN(CC)S(=O)(=O)CC)C(C)(C)C)C1Cc2ccccc2C1)C(=O)C(=O)NCC. The van der Waals surface area contributed by atoms with Crippen LogP contribution in [0.1, 0.15) is 92.7 Å². The summed E-state index contributed by atoms with van der Waals surface area (Å²) in [7, 11) is -3.53. The number of nitrogens with one attached hydrogen (secondary N) is 4. The summed E-state index contributed by atoms with van der Waals surface area (Å²) >= 11 is 0. The zero-order valence-corrected chi connectivity index (χ0v) is 33.4. The van der Waals surface area contributed by atoms with Crippen LogP contribution in [0.5, 0.6) is 0 Å². The molecule has 0 radical (unpaired) electrons. The van der Waals surface area contributed by atoms with Crippen LogP contribution in [0.2, 0.25) is 0 Å². The van der Waals surface area contributed by atoms with Crippen molar-refractivity contribution in [3.63, 3.8) is 0 Å². The number of ketones is 1. The molecule has 5 amide bonds. The van der Waals surface area contributed by atoms with Gasteiger partial charge in [0, 0.05) is 32.2 Å². The molecule has 0 saturated carbocycles. The molecule has 0 aromatic heterocycles. The van der Waals surface area contributed by atoms with Gasteiger partial charge in [-0.2, -0.15) is 0 Å². The van der Waals surface area contributed by atoms with Gasteiger partial charge in [-0.3, -0.25) is 19.2 Å². The lowest BCUT2D eigenvalue weighted by Crippen LogP contribution is -2.61. The van der Waals surface area contributed by atoms with Crippen LogP contribution < -0.4 is 21.3 Å². The maximum atomic E-state index is 14.8. The molecule has 4 N–H and O–H groups in total. The van der Waals surface area contributed by atoms with Crippen molar-refractivity contribution in [3.05, 3.63) is 35.4 Å². The summed E-state index contributed by atoms with van der Waals surface area (Å²) in [5.74, 6) is -2.94. The largest absolute Gasteiger partial charge is 0.350 e. The Morgan fingerprint density at radius 2 is 1.56 bits per heavy atom. The Bertz CT molecular complexity index is 1520. The monoisotopic (exact) mass is 746 g/mol. The van der Waals surface area contributed by atoms with Crippen molar-refractivity contribution in [1.82, 2.24) is 30.5 Å². The van der Waals surface area contributed by atoms with Crippen LogP contribution in [0.25, 0.3) is 0 Å². The normalized spacial score (nSPS) is 19.6. The van der Waals surface area contributed by atoms with Gasteiger partial charge >= 0.3 is 6.03 Å². The van der Waals surface area contributed by atoms with Crippen molar-refractivity contribution >= 4 is 39.6 Å². The Kier molecular flexibility index (Phi) is 15.3. The minimum atomic E-state index is -3.53. The van der Waals surface area contributed by atoms with E-state index in [2.05, 4.69) is 21.3 Å². The zero-order valence-electron chi connectivity index (χ0n) is 32.6. The second kappa shape index (κ2) is 18.5. The van der Waals surface area contributed by atoms with Crippen molar-refractivity contribution in [2.45, 2.75) is 119 Å². The number of likely N-dealkylation sites (tertiary alicyclic amines) is 1. The van der Waals surface area contributed by atoms with Gasteiger partial charge in [0.1, 0.15) is 12.1 Å². The summed E-state index contributed by atoms with van der Waals surface area (Å²) in [6.45, 7) is 17.5. The minimum absolute atomic E-state index is 0.0242. The maximum Gasteiger partial charge on any atom is 0.315 e. The Morgan fingerprint density at radius 3 is 2.06 bits per heavy atom. The van der Waals surface area contributed by atoms with E-state index < -0.39 is 69.1 Å². The number of hydrogen-bond acceptors (Lipinski definition) is 7. The highest BCUT2D eigenvalue weighted by Crippen LogP contribution is 2.35. The maximum absolute atomic E-state index is 14.8. The number of likely N-dealkylation sites (N-methyl/N-ethyl adjacent to an activating group) is 2. The fourth-order valence-corrected chi connectivity index (χ4v) is 8.54. The van der Waals surface area contributed by atoms with Gasteiger partial charge in [-0.1, -0.05) is 79.2 Å². The van der Waals surface area contributed by atoms with Crippen LogP contribution in [0.3, 0.4) is 0 Å². The third-order valence-electron chi connectivity index (χ3n) is 10.6. The summed E-state index contributed by atoms with van der Waals surface area (Å²) in [4.78, 5) is 69.9. The molecular formula is C38H62N6O7S. The molecule has 2 unspecified atom stereocenters. The van der Waals surface area contributed by atoms with Gasteiger partial charge in [0.05, 0.1) is 11.8 Å². The van der Waals surface area contributed by atoms with Crippen molar-refractivity contribution in [3.8, 4) is 0 Å². The van der Waals surface area contributed by atoms with E-state index in [1.54, 1.807) is 25.7 Å². The first-order valence-electron chi connectivity index (χ1n) is 18.9. The summed E-state index contributed by atoms with van der Waals surface area (Å²) in [6, 6.07) is 3.78. The zero-order chi connectivity index (χ0) is 39.0. The Morgan fingerprint density at radius 1 is 0.942 bits per heavy atom. The standard InChI is InChI=1S/C38H62N6O7S/c1-10-16-29(33(45)35(47)39-11-2)40-34(46)32-28(24(5)6)19-20-44(32)36(48)31(27-21-25-17-14-15-18-26(25)22-27)42-37(49)41-30(38(7,8)9)23-43(12-3)52(50,51)13-4/h14-15,17-18,24,27-32H,10-13,16,19-23H2,1-9H3,(H,39,47)(H,40,46)(H2,41,42,49)/t28?,29?,30-,31+,32+/m1/s1. The first-order chi connectivity index (χ1) is 24.4. The molecule has 1 saturated heterocycles. The Hall–Kier alpha value is -3.52. The van der Waals surface area contributed by atoms with Gasteiger partial charge in [-0.05, 0) is 73.8 Å². The molecule has 2 aliphatic rings. The number of rotatable bonds is 17. The number of sulfonamides is 1. The molecule has 1 aliphatic carbocycles. The number of benzene rings is 1. The smallest absolute Gasteiger partial charge is 0.315 e. The average Bonchev–Trinajstić information content (AvgIpc) is 3.73. The van der Waals surface area contributed by atoms with E-state index in [4.69, 9.17) is 0 Å². The van der Waals surface area contributed by atoms with Crippen molar-refractivity contribution in [1.29, 1.82) is 0 Å². The number of hydrogen-bond donors (Lipinski definition) is 4. The lowest BCUT2D eigenvalue weighted by molar-refractivity contribution is -0.144. The number of nitrogens with zero attached hydrogens (tertiary/aromatic N) is 2. The number of carbonyl (C=O) groups is 5. The molecule has 1 aromatic carbocycles. The van der Waals surface area contributed by atoms with E-state index in [1.807, 2.05) is 65.8 Å². The lowest BCUT2D eigenvalue weighted by Gasteiger charge is -2.37. The highest BCUT2D eigenvalue weighted by molar-refractivity contribution is 7.89. The molecular weight excluding hydrogens is 685 g/mol. The summed E-state index contributed by atoms with van der Waals surface area (Å²) in [6.07, 6.45) is 2.47. The lowest BCUT2D eigenvalue weighted by atomic mass is 9.86. The van der Waals surface area contributed by atoms with E-state index in [0.29, 0.717) is 25.7 Å². The van der Waals surface area contributed by atoms with E-state index in [9.17, 15) is 32.4 Å². The molecule has 1 aliphatic heterocycles. The van der Waals surface area contributed by atoms with Crippen LogP contribution in [0.4, 0.5) is 4.79 Å². The summed E-state index contributed by atoms with van der Waals surface area (Å²) in [5.41, 5.74) is 1.65. The Balaban J connectivity index is 1.96. The number of carbonyl (C=O) groups excluding carboxylic acids is 5. The highest BCUT2D eigenvalue weighted by atomic mass is 32.2. The molecule has 1 heterocycles. The van der Waals surface area contributed by atoms with E-state index in [1.165, 1.54) is 4.31 Å². The topological polar surface area (TPSA) is 174 Å². The predicted octanol–water partition coefficient (Wildman–Crippen LogP) is 3.02. The molecule has 0 spiro atoms. The highest BCUT2D eigenvalue weighted by Gasteiger charge is 2.48. The summed E-state index contributed by atoms with van der Waals surface area (Å²) in [5, 5.41) is 11.3. The number of fused-ring (bicyclic) bond motifs is 1. The van der Waals surface area contributed by atoms with Crippen LogP contribution in [-0.2, 0) is 42.0 Å². The molecule has 3 rings (SSSR count). The van der Waals surface area contributed by atoms with Crippen LogP contribution in [-0.4, -0.2) is 103 Å². The van der Waals surface area contributed by atoms with Gasteiger partial charge in [0.2, 0.25) is 27.6 Å². The fraction of sp³-hybridized carbons (Fsp3) is 0.711. The molecule has 1 fully saturated rings. The fourth-order valence-electron chi connectivity index (χ4n) is 7.41. The van der Waals surface area contributed by atoms with Crippen LogP contribution in [0.15, 0.2) is 24.3 Å². The number of Topliss-reactive ketones (excluding diaryl/α,β-unsaturated/α-hetero) is 1.